The molecular weight excluding hydrogens is 558 g/mol. The number of aryl methyl sites for hydroxylation is 1. The number of fused-ring (bicyclic) bond motifs is 3. The Morgan fingerprint density at radius 2 is 0.889 bits per heavy atom. The van der Waals surface area contributed by atoms with Gasteiger partial charge >= 0.3 is 270 Å². The van der Waals surface area contributed by atoms with Crippen LogP contribution in [0.2, 0.25) is 0 Å². The summed E-state index contributed by atoms with van der Waals surface area (Å²) in [6, 6.07) is 56.8. The van der Waals surface area contributed by atoms with Crippen molar-refractivity contribution in [3.05, 3.63) is 168 Å². The van der Waals surface area contributed by atoms with Crippen molar-refractivity contribution >= 4 is 68.3 Å². The zero-order valence-corrected chi connectivity index (χ0v) is 27.7. The molecule has 0 spiro atoms. The molecular formula is C43H40BP. The van der Waals surface area contributed by atoms with E-state index in [2.05, 4.69) is 179 Å². The van der Waals surface area contributed by atoms with Crippen molar-refractivity contribution in [2.75, 3.05) is 26.2 Å². The SMILES string of the molecule is Cc1ccc(/C(C[PH](C)(C)C)=C(/B(c2ccc3ccccc3c2)c2ccc3ccccc3c2)c2ccc3ccccc3c2)cc1. The van der Waals surface area contributed by atoms with E-state index in [4.69, 9.17) is 0 Å². The van der Waals surface area contributed by atoms with Crippen molar-refractivity contribution in [1.29, 1.82) is 0 Å². The molecule has 0 aromatic heterocycles. The molecule has 7 aromatic rings. The molecule has 2 heteroatoms. The van der Waals surface area contributed by atoms with Gasteiger partial charge in [0, 0.05) is 0 Å². The van der Waals surface area contributed by atoms with Gasteiger partial charge in [-0.1, -0.05) is 0 Å². The number of hydrogen-bond acceptors (Lipinski definition) is 0. The van der Waals surface area contributed by atoms with Crippen LogP contribution in [0.1, 0.15) is 16.7 Å². The Hall–Kier alpha value is -4.45. The molecule has 0 unspecified atom stereocenters. The van der Waals surface area contributed by atoms with Crippen LogP contribution in [-0.2, 0) is 0 Å². The molecule has 0 atom stereocenters. The first-order valence-corrected chi connectivity index (χ1v) is 19.8. The molecule has 0 amide bonds. The first-order chi connectivity index (χ1) is 21.8. The Morgan fingerprint density at radius 1 is 0.467 bits per heavy atom. The van der Waals surface area contributed by atoms with Crippen LogP contribution in [0.3, 0.4) is 0 Å². The zero-order valence-electron chi connectivity index (χ0n) is 26.7. The average Bonchev–Trinajstić information content (AvgIpc) is 3.05. The molecule has 0 aliphatic rings. The summed E-state index contributed by atoms with van der Waals surface area (Å²) in [5.41, 5.74) is 9.46. The fourth-order valence-electron chi connectivity index (χ4n) is 6.81. The molecule has 0 aliphatic heterocycles. The van der Waals surface area contributed by atoms with Crippen molar-refractivity contribution in [3.63, 3.8) is 0 Å². The van der Waals surface area contributed by atoms with Crippen LogP contribution >= 0.6 is 7.26 Å². The third-order valence-corrected chi connectivity index (χ3v) is 10.4. The maximum atomic E-state index is 2.50. The molecule has 0 N–H and O–H groups in total. The average molecular weight is 599 g/mol. The molecule has 45 heavy (non-hydrogen) atoms. The predicted octanol–water partition coefficient (Wildman–Crippen LogP) is 9.85. The van der Waals surface area contributed by atoms with E-state index < -0.39 is 7.26 Å². The fraction of sp³-hybridized carbons (Fsp3) is 0.116. The minimum absolute atomic E-state index is 0.0491. The van der Waals surface area contributed by atoms with E-state index >= 15 is 0 Å². The van der Waals surface area contributed by atoms with Gasteiger partial charge in [0.25, 0.3) is 0 Å². The second-order valence-corrected chi connectivity index (χ2v) is 19.2. The van der Waals surface area contributed by atoms with Gasteiger partial charge in [-0.05, 0) is 0 Å². The summed E-state index contributed by atoms with van der Waals surface area (Å²) in [5, 5.41) is 7.66. The van der Waals surface area contributed by atoms with Gasteiger partial charge in [-0.25, -0.2) is 0 Å². The van der Waals surface area contributed by atoms with Crippen molar-refractivity contribution < 1.29 is 0 Å². The number of rotatable bonds is 7. The Kier molecular flexibility index (Phi) is 7.91. The van der Waals surface area contributed by atoms with Crippen LogP contribution < -0.4 is 10.9 Å². The molecule has 220 valence electrons. The third-order valence-electron chi connectivity index (χ3n) is 9.00. The second-order valence-electron chi connectivity index (χ2n) is 13.7. The van der Waals surface area contributed by atoms with Crippen molar-refractivity contribution in [2.24, 2.45) is 0 Å². The normalized spacial score (nSPS) is 12.8. The fourth-order valence-corrected chi connectivity index (χ4v) is 8.27. The van der Waals surface area contributed by atoms with E-state index in [1.165, 1.54) is 71.0 Å². The summed E-state index contributed by atoms with van der Waals surface area (Å²) in [6.07, 6.45) is 1.09. The maximum absolute atomic E-state index is 2.50. The second kappa shape index (κ2) is 12.2. The van der Waals surface area contributed by atoms with E-state index in [9.17, 15) is 0 Å². The van der Waals surface area contributed by atoms with Crippen LogP contribution in [0.25, 0.3) is 43.4 Å². The summed E-state index contributed by atoms with van der Waals surface area (Å²) < 4.78 is 0. The standard InChI is InChI=1S/C43H40BP/c1-31-17-19-35(20-18-31)42(30-45(2,3)4)43(39-22-21-32-11-5-8-14-36(32)27-39)44(40-25-23-33-12-6-9-15-37(33)28-40)41-26-24-34-13-7-10-16-38(34)29-41/h5-29,45H,30H2,1-4H3/b43-42+. The van der Waals surface area contributed by atoms with Crippen LogP contribution in [-0.4, -0.2) is 32.9 Å². The molecule has 0 saturated carbocycles. The van der Waals surface area contributed by atoms with Crippen LogP contribution in [0.4, 0.5) is 0 Å². The van der Waals surface area contributed by atoms with Crippen LogP contribution in [0.15, 0.2) is 152 Å². The van der Waals surface area contributed by atoms with Crippen molar-refractivity contribution in [3.8, 4) is 0 Å². The van der Waals surface area contributed by atoms with Crippen LogP contribution in [0, 0.1) is 6.92 Å². The molecule has 7 aromatic carbocycles. The van der Waals surface area contributed by atoms with E-state index in [1.54, 1.807) is 0 Å². The molecule has 0 saturated heterocycles. The summed E-state index contributed by atoms with van der Waals surface area (Å²) in [4.78, 5) is 0. The van der Waals surface area contributed by atoms with Gasteiger partial charge in [0.2, 0.25) is 0 Å². The Balaban J connectivity index is 1.60. The van der Waals surface area contributed by atoms with Crippen LogP contribution in [0.5, 0.6) is 0 Å². The Morgan fingerprint density at radius 3 is 1.38 bits per heavy atom. The zero-order chi connectivity index (χ0) is 31.0. The summed E-state index contributed by atoms with van der Waals surface area (Å²) in [5.74, 6) is 0. The first-order valence-electron chi connectivity index (χ1n) is 16.1. The minimum atomic E-state index is -1.56. The molecule has 0 radical (unpaired) electrons. The molecule has 0 nitrogen and oxygen atoms in total. The predicted molar refractivity (Wildman–Crippen MR) is 206 cm³/mol. The van der Waals surface area contributed by atoms with Crippen molar-refractivity contribution in [1.82, 2.24) is 0 Å². The number of allylic oxidation sites excluding steroid dienone is 1. The summed E-state index contributed by atoms with van der Waals surface area (Å²) >= 11 is 0. The van der Waals surface area contributed by atoms with E-state index in [0.29, 0.717) is 0 Å². The summed E-state index contributed by atoms with van der Waals surface area (Å²) in [6.45, 7) is 9.73. The van der Waals surface area contributed by atoms with Gasteiger partial charge in [-0.2, -0.15) is 0 Å². The van der Waals surface area contributed by atoms with E-state index in [-0.39, 0.29) is 6.71 Å². The van der Waals surface area contributed by atoms with Gasteiger partial charge < -0.3 is 0 Å². The van der Waals surface area contributed by atoms with Gasteiger partial charge in [-0.15, -0.1) is 0 Å². The topological polar surface area (TPSA) is 0 Å². The van der Waals surface area contributed by atoms with E-state index in [1.807, 2.05) is 0 Å². The molecule has 0 aliphatic carbocycles. The van der Waals surface area contributed by atoms with Gasteiger partial charge in [0.15, 0.2) is 0 Å². The quantitative estimate of drug-likeness (QED) is 0.0974. The van der Waals surface area contributed by atoms with Gasteiger partial charge in [0.05, 0.1) is 0 Å². The molecule has 7 rings (SSSR count). The van der Waals surface area contributed by atoms with E-state index in [0.717, 1.165) is 6.16 Å². The number of hydrogen-bond donors (Lipinski definition) is 0. The monoisotopic (exact) mass is 598 g/mol. The van der Waals surface area contributed by atoms with Crippen molar-refractivity contribution in [2.45, 2.75) is 6.92 Å². The summed E-state index contributed by atoms with van der Waals surface area (Å²) in [7, 11) is -1.56. The molecule has 0 heterocycles. The third kappa shape index (κ3) is 6.24. The van der Waals surface area contributed by atoms with Gasteiger partial charge in [-0.3, -0.25) is 0 Å². The first kappa shape index (κ1) is 29.3. The Bertz CT molecular complexity index is 2100. The molecule has 0 fully saturated rings. The molecule has 0 bridgehead atoms. The number of benzene rings is 7. The Labute approximate surface area is 268 Å². The van der Waals surface area contributed by atoms with Gasteiger partial charge in [0.1, 0.15) is 0 Å².